The molecule has 1 atom stereocenters. The highest BCUT2D eigenvalue weighted by Gasteiger charge is 2.40. The summed E-state index contributed by atoms with van der Waals surface area (Å²) < 4.78 is 6.14. The number of benzene rings is 1. The predicted octanol–water partition coefficient (Wildman–Crippen LogP) is 1.96. The first-order valence-corrected chi connectivity index (χ1v) is 7.69. The molecular formula is C15H11BrN2O4. The molecule has 1 saturated heterocycles. The summed E-state index contributed by atoms with van der Waals surface area (Å²) >= 11 is 3.40. The maximum absolute atomic E-state index is 12.7. The fourth-order valence-electron chi connectivity index (χ4n) is 3.15. The molecule has 3 heterocycles. The van der Waals surface area contributed by atoms with Crippen LogP contribution in [0.15, 0.2) is 27.3 Å². The maximum atomic E-state index is 12.7. The lowest BCUT2D eigenvalue weighted by molar-refractivity contribution is -0.136. The first-order chi connectivity index (χ1) is 10.6. The van der Waals surface area contributed by atoms with E-state index < -0.39 is 11.9 Å². The van der Waals surface area contributed by atoms with Gasteiger partial charge < -0.3 is 9.32 Å². The number of nitrogens with zero attached hydrogens (tertiary/aromatic N) is 1. The van der Waals surface area contributed by atoms with Crippen LogP contribution in [0.1, 0.15) is 28.8 Å². The summed E-state index contributed by atoms with van der Waals surface area (Å²) in [6, 6.07) is 2.95. The molecule has 1 aromatic carbocycles. The van der Waals surface area contributed by atoms with Crippen LogP contribution in [0.3, 0.4) is 0 Å². The Labute approximate surface area is 133 Å². The molecule has 0 spiro atoms. The standard InChI is InChI=1S/C15H11BrN2O4/c16-10-5-8-9(7-3-4-22-13(7)10)6-18(15(8)21)11-1-2-12(19)17-14(11)20/h3-5,11H,1-2,6H2,(H,17,19,20). The van der Waals surface area contributed by atoms with E-state index in [-0.39, 0.29) is 18.2 Å². The van der Waals surface area contributed by atoms with E-state index in [1.807, 2.05) is 6.07 Å². The van der Waals surface area contributed by atoms with E-state index in [1.165, 1.54) is 4.90 Å². The maximum Gasteiger partial charge on any atom is 0.255 e. The molecule has 3 amide bonds. The second-order valence-corrected chi connectivity index (χ2v) is 6.30. The minimum atomic E-state index is -0.599. The molecule has 1 N–H and O–H groups in total. The molecule has 2 aliphatic heterocycles. The Morgan fingerprint density at radius 2 is 2.14 bits per heavy atom. The molecule has 22 heavy (non-hydrogen) atoms. The highest BCUT2D eigenvalue weighted by molar-refractivity contribution is 9.10. The second-order valence-electron chi connectivity index (χ2n) is 5.45. The highest BCUT2D eigenvalue weighted by Crippen LogP contribution is 2.37. The zero-order valence-electron chi connectivity index (χ0n) is 11.4. The van der Waals surface area contributed by atoms with Gasteiger partial charge in [-0.05, 0) is 40.0 Å². The fourth-order valence-corrected chi connectivity index (χ4v) is 3.68. The number of hydrogen-bond acceptors (Lipinski definition) is 4. The van der Waals surface area contributed by atoms with Gasteiger partial charge in [-0.2, -0.15) is 0 Å². The first-order valence-electron chi connectivity index (χ1n) is 6.89. The van der Waals surface area contributed by atoms with Crippen molar-refractivity contribution in [1.82, 2.24) is 10.2 Å². The fraction of sp³-hybridized carbons (Fsp3) is 0.267. The Morgan fingerprint density at radius 3 is 2.91 bits per heavy atom. The Hall–Kier alpha value is -2.15. The third kappa shape index (κ3) is 1.81. The van der Waals surface area contributed by atoms with Crippen LogP contribution in [0, 0.1) is 0 Å². The molecular weight excluding hydrogens is 352 g/mol. The van der Waals surface area contributed by atoms with Crippen LogP contribution in [0.25, 0.3) is 11.0 Å². The van der Waals surface area contributed by atoms with E-state index in [0.717, 1.165) is 10.9 Å². The van der Waals surface area contributed by atoms with E-state index in [2.05, 4.69) is 21.2 Å². The molecule has 0 saturated carbocycles. The van der Waals surface area contributed by atoms with Gasteiger partial charge in [0.1, 0.15) is 11.6 Å². The number of hydrogen-bond donors (Lipinski definition) is 1. The van der Waals surface area contributed by atoms with E-state index in [4.69, 9.17) is 4.42 Å². The highest BCUT2D eigenvalue weighted by atomic mass is 79.9. The molecule has 4 rings (SSSR count). The largest absolute Gasteiger partial charge is 0.463 e. The molecule has 1 aromatic heterocycles. The number of carbonyl (C=O) groups excluding carboxylic acids is 3. The van der Waals surface area contributed by atoms with Crippen molar-refractivity contribution >= 4 is 44.6 Å². The van der Waals surface area contributed by atoms with Crippen molar-refractivity contribution in [3.8, 4) is 0 Å². The number of imide groups is 1. The topological polar surface area (TPSA) is 79.6 Å². The molecule has 0 aliphatic carbocycles. The monoisotopic (exact) mass is 362 g/mol. The minimum Gasteiger partial charge on any atom is -0.463 e. The minimum absolute atomic E-state index is 0.187. The summed E-state index contributed by atoms with van der Waals surface area (Å²) in [5, 5.41) is 3.17. The van der Waals surface area contributed by atoms with Crippen molar-refractivity contribution in [2.75, 3.05) is 0 Å². The summed E-state index contributed by atoms with van der Waals surface area (Å²) in [6.45, 7) is 0.351. The number of nitrogens with one attached hydrogen (secondary N) is 1. The van der Waals surface area contributed by atoms with Gasteiger partial charge in [-0.15, -0.1) is 0 Å². The number of rotatable bonds is 1. The quantitative estimate of drug-likeness (QED) is 0.786. The SMILES string of the molecule is O=C1CCC(N2Cc3c(cc(Br)c4occc34)C2=O)C(=O)N1. The van der Waals surface area contributed by atoms with Gasteiger partial charge in [0.2, 0.25) is 11.8 Å². The van der Waals surface area contributed by atoms with Crippen molar-refractivity contribution in [1.29, 1.82) is 0 Å². The van der Waals surface area contributed by atoms with Gasteiger partial charge in [0, 0.05) is 23.9 Å². The summed E-state index contributed by atoms with van der Waals surface area (Å²) in [5.74, 6) is -0.876. The van der Waals surface area contributed by atoms with Gasteiger partial charge in [0.05, 0.1) is 10.7 Å². The van der Waals surface area contributed by atoms with Crippen molar-refractivity contribution in [3.05, 3.63) is 34.0 Å². The lowest BCUT2D eigenvalue weighted by atomic mass is 10.0. The van der Waals surface area contributed by atoms with Crippen LogP contribution in [0.5, 0.6) is 0 Å². The van der Waals surface area contributed by atoms with Gasteiger partial charge in [0.25, 0.3) is 5.91 Å². The van der Waals surface area contributed by atoms with Crippen LogP contribution in [0.4, 0.5) is 0 Å². The molecule has 0 radical (unpaired) electrons. The summed E-state index contributed by atoms with van der Waals surface area (Å²) in [6.07, 6.45) is 2.19. The van der Waals surface area contributed by atoms with Gasteiger partial charge in [-0.1, -0.05) is 0 Å². The lowest BCUT2D eigenvalue weighted by Crippen LogP contribution is -2.52. The zero-order chi connectivity index (χ0) is 15.4. The number of amides is 3. The zero-order valence-corrected chi connectivity index (χ0v) is 13.0. The van der Waals surface area contributed by atoms with Gasteiger partial charge in [-0.25, -0.2) is 0 Å². The van der Waals surface area contributed by atoms with Gasteiger partial charge in [-0.3, -0.25) is 19.7 Å². The average Bonchev–Trinajstić information content (AvgIpc) is 3.06. The predicted molar refractivity (Wildman–Crippen MR) is 80.0 cm³/mol. The van der Waals surface area contributed by atoms with Crippen LogP contribution < -0.4 is 5.32 Å². The number of carbonyl (C=O) groups is 3. The third-order valence-corrected chi connectivity index (χ3v) is 4.80. The van der Waals surface area contributed by atoms with E-state index in [9.17, 15) is 14.4 Å². The van der Waals surface area contributed by atoms with E-state index >= 15 is 0 Å². The number of piperidine rings is 1. The van der Waals surface area contributed by atoms with E-state index in [0.29, 0.717) is 28.6 Å². The smallest absolute Gasteiger partial charge is 0.255 e. The van der Waals surface area contributed by atoms with Crippen LogP contribution in [-0.4, -0.2) is 28.7 Å². The van der Waals surface area contributed by atoms with Crippen LogP contribution in [0.2, 0.25) is 0 Å². The molecule has 6 nitrogen and oxygen atoms in total. The third-order valence-electron chi connectivity index (χ3n) is 4.21. The molecule has 7 heteroatoms. The first kappa shape index (κ1) is 13.5. The van der Waals surface area contributed by atoms with Crippen molar-refractivity contribution in [2.45, 2.75) is 25.4 Å². The molecule has 2 aliphatic rings. The lowest BCUT2D eigenvalue weighted by Gasteiger charge is -2.29. The van der Waals surface area contributed by atoms with Crippen molar-refractivity contribution < 1.29 is 18.8 Å². The molecule has 1 unspecified atom stereocenters. The Bertz CT molecular complexity index is 841. The number of furan rings is 1. The number of halogens is 1. The number of fused-ring (bicyclic) bond motifs is 3. The Balaban J connectivity index is 1.76. The summed E-state index contributed by atoms with van der Waals surface area (Å²) in [4.78, 5) is 37.5. The Morgan fingerprint density at radius 1 is 1.32 bits per heavy atom. The molecule has 0 bridgehead atoms. The normalized spacial score (nSPS) is 21.4. The molecule has 1 fully saturated rings. The van der Waals surface area contributed by atoms with E-state index in [1.54, 1.807) is 12.3 Å². The summed E-state index contributed by atoms with van der Waals surface area (Å²) in [7, 11) is 0. The second kappa shape index (κ2) is 4.67. The summed E-state index contributed by atoms with van der Waals surface area (Å²) in [5.41, 5.74) is 2.13. The average molecular weight is 363 g/mol. The van der Waals surface area contributed by atoms with Crippen molar-refractivity contribution in [3.63, 3.8) is 0 Å². The molecule has 112 valence electrons. The van der Waals surface area contributed by atoms with Crippen molar-refractivity contribution in [2.24, 2.45) is 0 Å². The Kier molecular flexibility index (Phi) is 2.87. The van der Waals surface area contributed by atoms with Gasteiger partial charge >= 0.3 is 0 Å². The molecule has 2 aromatic rings. The van der Waals surface area contributed by atoms with Crippen LogP contribution in [-0.2, 0) is 16.1 Å². The van der Waals surface area contributed by atoms with Crippen LogP contribution >= 0.6 is 15.9 Å². The van der Waals surface area contributed by atoms with Gasteiger partial charge in [0.15, 0.2) is 0 Å².